The highest BCUT2D eigenvalue weighted by atomic mass is 32.1. The number of thiophene rings is 1. The zero-order chi connectivity index (χ0) is 15.2. The quantitative estimate of drug-likeness (QED) is 0.832. The first-order chi connectivity index (χ1) is 10.1. The predicted octanol–water partition coefficient (Wildman–Crippen LogP) is 1.05. The molecule has 2 N–H and O–H groups in total. The first-order valence-corrected chi connectivity index (χ1v) is 7.10. The lowest BCUT2D eigenvalue weighted by molar-refractivity contribution is 0.0783. The maximum Gasteiger partial charge on any atom is 0.260 e. The minimum atomic E-state index is -0.394. The Morgan fingerprint density at radius 3 is 3.05 bits per heavy atom. The number of amides is 1. The van der Waals surface area contributed by atoms with Crippen LogP contribution in [0.5, 0.6) is 0 Å². The standard InChI is InChI=1S/C15H14N2O3S/c1-17(15(20)13-5-2-6-16-14(13)19)9-11-8-12(21-10-11)4-3-7-18/h2,5-6,8,10,18H,7,9H2,1H3,(H,16,19). The summed E-state index contributed by atoms with van der Waals surface area (Å²) in [7, 11) is 1.64. The van der Waals surface area contributed by atoms with Gasteiger partial charge in [-0.1, -0.05) is 11.8 Å². The van der Waals surface area contributed by atoms with Crippen LogP contribution in [0.25, 0.3) is 0 Å². The summed E-state index contributed by atoms with van der Waals surface area (Å²) in [5, 5.41) is 10.6. The van der Waals surface area contributed by atoms with E-state index in [-0.39, 0.29) is 18.1 Å². The molecule has 108 valence electrons. The Morgan fingerprint density at radius 1 is 1.52 bits per heavy atom. The maximum atomic E-state index is 12.2. The number of rotatable bonds is 3. The summed E-state index contributed by atoms with van der Waals surface area (Å²) in [6, 6.07) is 4.99. The molecule has 0 aliphatic carbocycles. The molecule has 0 spiro atoms. The highest BCUT2D eigenvalue weighted by Gasteiger charge is 2.15. The number of nitrogens with one attached hydrogen (secondary N) is 1. The van der Waals surface area contributed by atoms with Gasteiger partial charge in [0.25, 0.3) is 11.5 Å². The first-order valence-electron chi connectivity index (χ1n) is 6.22. The molecule has 2 heterocycles. The number of nitrogens with zero attached hydrogens (tertiary/aromatic N) is 1. The van der Waals surface area contributed by atoms with Crippen LogP contribution in [0.4, 0.5) is 0 Å². The highest BCUT2D eigenvalue weighted by Crippen LogP contribution is 2.15. The lowest BCUT2D eigenvalue weighted by Gasteiger charge is -2.15. The molecule has 0 radical (unpaired) electrons. The molecule has 0 saturated carbocycles. The van der Waals surface area contributed by atoms with Crippen LogP contribution in [-0.2, 0) is 6.54 Å². The molecule has 0 unspecified atom stereocenters. The molecular formula is C15H14N2O3S. The van der Waals surface area contributed by atoms with Gasteiger partial charge in [-0.05, 0) is 29.1 Å². The molecule has 2 aromatic heterocycles. The second kappa shape index (κ2) is 6.88. The molecule has 0 fully saturated rings. The van der Waals surface area contributed by atoms with Crippen molar-refractivity contribution >= 4 is 17.2 Å². The number of aromatic nitrogens is 1. The number of hydrogen-bond donors (Lipinski definition) is 2. The van der Waals surface area contributed by atoms with Gasteiger partial charge in [0, 0.05) is 19.8 Å². The van der Waals surface area contributed by atoms with Crippen molar-refractivity contribution in [1.82, 2.24) is 9.88 Å². The third-order valence-electron chi connectivity index (χ3n) is 2.76. The topological polar surface area (TPSA) is 73.4 Å². The van der Waals surface area contributed by atoms with Crippen LogP contribution >= 0.6 is 11.3 Å². The second-order valence-electron chi connectivity index (χ2n) is 4.35. The molecule has 1 amide bonds. The lowest BCUT2D eigenvalue weighted by atomic mass is 10.2. The molecule has 2 aromatic rings. The molecule has 2 rings (SSSR count). The van der Waals surface area contributed by atoms with E-state index in [1.807, 2.05) is 11.4 Å². The van der Waals surface area contributed by atoms with Gasteiger partial charge in [0.15, 0.2) is 0 Å². The van der Waals surface area contributed by atoms with Gasteiger partial charge < -0.3 is 15.0 Å². The van der Waals surface area contributed by atoms with E-state index in [4.69, 9.17) is 5.11 Å². The van der Waals surface area contributed by atoms with Gasteiger partial charge >= 0.3 is 0 Å². The fourth-order valence-corrected chi connectivity index (χ4v) is 2.56. The Kier molecular flexibility index (Phi) is 4.93. The molecule has 0 aliphatic heterocycles. The van der Waals surface area contributed by atoms with Crippen LogP contribution in [0.15, 0.2) is 34.6 Å². The number of aliphatic hydroxyl groups excluding tert-OH is 1. The third kappa shape index (κ3) is 3.81. The van der Waals surface area contributed by atoms with Crippen LogP contribution in [-0.4, -0.2) is 34.6 Å². The van der Waals surface area contributed by atoms with Crippen molar-refractivity contribution in [3.05, 3.63) is 56.1 Å². The van der Waals surface area contributed by atoms with Crippen molar-refractivity contribution in [3.63, 3.8) is 0 Å². The van der Waals surface area contributed by atoms with E-state index in [9.17, 15) is 9.59 Å². The Balaban J connectivity index is 2.09. The summed E-state index contributed by atoms with van der Waals surface area (Å²) in [6.45, 7) is 0.215. The number of carbonyl (C=O) groups excluding carboxylic acids is 1. The summed E-state index contributed by atoms with van der Waals surface area (Å²) in [5.41, 5.74) is 0.662. The minimum absolute atomic E-state index is 0.121. The van der Waals surface area contributed by atoms with Gasteiger partial charge in [0.1, 0.15) is 12.2 Å². The van der Waals surface area contributed by atoms with Gasteiger partial charge in [-0.15, -0.1) is 11.3 Å². The molecule has 0 aromatic carbocycles. The van der Waals surface area contributed by atoms with Gasteiger partial charge in [0.2, 0.25) is 0 Å². The SMILES string of the molecule is CN(Cc1csc(C#CCO)c1)C(=O)c1ccc[nH]c1=O. The maximum absolute atomic E-state index is 12.2. The van der Waals surface area contributed by atoms with Crippen LogP contribution in [0.2, 0.25) is 0 Å². The number of pyridine rings is 1. The van der Waals surface area contributed by atoms with Crippen molar-refractivity contribution < 1.29 is 9.90 Å². The average molecular weight is 302 g/mol. The monoisotopic (exact) mass is 302 g/mol. The van der Waals surface area contributed by atoms with Gasteiger partial charge in [-0.3, -0.25) is 9.59 Å². The number of aromatic amines is 1. The second-order valence-corrected chi connectivity index (χ2v) is 5.26. The van der Waals surface area contributed by atoms with E-state index in [2.05, 4.69) is 16.8 Å². The van der Waals surface area contributed by atoms with Crippen LogP contribution in [0.3, 0.4) is 0 Å². The Labute approximate surface area is 125 Å². The highest BCUT2D eigenvalue weighted by molar-refractivity contribution is 7.10. The van der Waals surface area contributed by atoms with Crippen molar-refractivity contribution in [3.8, 4) is 11.8 Å². The van der Waals surface area contributed by atoms with Crippen LogP contribution in [0, 0.1) is 11.8 Å². The van der Waals surface area contributed by atoms with Crippen LogP contribution in [0.1, 0.15) is 20.8 Å². The zero-order valence-corrected chi connectivity index (χ0v) is 12.2. The smallest absolute Gasteiger partial charge is 0.260 e. The van der Waals surface area contributed by atoms with E-state index in [1.54, 1.807) is 13.1 Å². The number of carbonyl (C=O) groups is 1. The molecule has 0 saturated heterocycles. The first kappa shape index (κ1) is 15.0. The summed E-state index contributed by atoms with van der Waals surface area (Å²) < 4.78 is 0. The van der Waals surface area contributed by atoms with Gasteiger partial charge in [-0.2, -0.15) is 0 Å². The van der Waals surface area contributed by atoms with E-state index in [0.29, 0.717) is 6.54 Å². The number of H-pyrrole nitrogens is 1. The summed E-state index contributed by atoms with van der Waals surface area (Å²) in [4.78, 5) is 28.6. The normalized spacial score (nSPS) is 9.81. The molecule has 5 nitrogen and oxygen atoms in total. The van der Waals surface area contributed by atoms with Gasteiger partial charge in [0.05, 0.1) is 4.88 Å². The Bertz CT molecular complexity index is 752. The Morgan fingerprint density at radius 2 is 2.33 bits per heavy atom. The Hall–Kier alpha value is -2.36. The molecule has 21 heavy (non-hydrogen) atoms. The molecule has 6 heteroatoms. The van der Waals surface area contributed by atoms with E-state index in [1.165, 1.54) is 28.5 Å². The van der Waals surface area contributed by atoms with Crippen LogP contribution < -0.4 is 5.56 Å². The summed E-state index contributed by atoms with van der Waals surface area (Å²) in [5.74, 6) is 5.07. The fourth-order valence-electron chi connectivity index (χ4n) is 1.79. The van der Waals surface area contributed by atoms with E-state index in [0.717, 1.165) is 10.4 Å². The third-order valence-corrected chi connectivity index (χ3v) is 3.65. The average Bonchev–Trinajstić information content (AvgIpc) is 2.92. The summed E-state index contributed by atoms with van der Waals surface area (Å²) in [6.07, 6.45) is 1.49. The molecular weight excluding hydrogens is 288 g/mol. The summed E-state index contributed by atoms with van der Waals surface area (Å²) >= 11 is 1.45. The number of aliphatic hydroxyl groups is 1. The van der Waals surface area contributed by atoms with Gasteiger partial charge in [-0.25, -0.2) is 0 Å². The fraction of sp³-hybridized carbons (Fsp3) is 0.200. The zero-order valence-electron chi connectivity index (χ0n) is 11.4. The molecule has 0 bridgehead atoms. The van der Waals surface area contributed by atoms with Crippen molar-refractivity contribution in [2.24, 2.45) is 0 Å². The number of hydrogen-bond acceptors (Lipinski definition) is 4. The van der Waals surface area contributed by atoms with Crippen molar-refractivity contribution in [2.75, 3.05) is 13.7 Å². The molecule has 0 atom stereocenters. The van der Waals surface area contributed by atoms with E-state index < -0.39 is 5.56 Å². The lowest BCUT2D eigenvalue weighted by Crippen LogP contribution is -2.30. The predicted molar refractivity (Wildman–Crippen MR) is 81.1 cm³/mol. The van der Waals surface area contributed by atoms with Crippen molar-refractivity contribution in [1.29, 1.82) is 0 Å². The minimum Gasteiger partial charge on any atom is -0.384 e. The van der Waals surface area contributed by atoms with E-state index >= 15 is 0 Å². The largest absolute Gasteiger partial charge is 0.384 e. The molecule has 0 aliphatic rings. The van der Waals surface area contributed by atoms with Crippen molar-refractivity contribution in [2.45, 2.75) is 6.54 Å².